The van der Waals surface area contributed by atoms with Crippen molar-refractivity contribution in [1.82, 2.24) is 4.31 Å². The Bertz CT molecular complexity index is 227. The van der Waals surface area contributed by atoms with Crippen molar-refractivity contribution in [2.45, 2.75) is 18.9 Å². The SMILES string of the molecule is CS(=O)(=O)N1CCC[C@H]1CI. The van der Waals surface area contributed by atoms with Crippen molar-refractivity contribution in [3.8, 4) is 0 Å². The molecule has 5 heteroatoms. The molecule has 1 aliphatic rings. The molecule has 1 fully saturated rings. The topological polar surface area (TPSA) is 37.4 Å². The van der Waals surface area contributed by atoms with Gasteiger partial charge in [-0.1, -0.05) is 22.6 Å². The lowest BCUT2D eigenvalue weighted by atomic mass is 10.3. The summed E-state index contributed by atoms with van der Waals surface area (Å²) in [4.78, 5) is 0. The Morgan fingerprint density at radius 3 is 2.64 bits per heavy atom. The van der Waals surface area contributed by atoms with Crippen molar-refractivity contribution >= 4 is 32.6 Å². The highest BCUT2D eigenvalue weighted by Gasteiger charge is 2.29. The first kappa shape index (κ1) is 9.73. The summed E-state index contributed by atoms with van der Waals surface area (Å²) in [5, 5.41) is 0. The van der Waals surface area contributed by atoms with Crippen LogP contribution >= 0.6 is 22.6 Å². The van der Waals surface area contributed by atoms with E-state index in [-0.39, 0.29) is 6.04 Å². The van der Waals surface area contributed by atoms with Crippen molar-refractivity contribution < 1.29 is 8.42 Å². The Morgan fingerprint density at radius 2 is 2.27 bits per heavy atom. The van der Waals surface area contributed by atoms with Gasteiger partial charge in [0.25, 0.3) is 0 Å². The Kier molecular flexibility index (Phi) is 3.16. The first-order chi connectivity index (χ1) is 5.05. The fraction of sp³-hybridized carbons (Fsp3) is 1.00. The normalized spacial score (nSPS) is 27.6. The van der Waals surface area contributed by atoms with E-state index < -0.39 is 10.0 Å². The van der Waals surface area contributed by atoms with Gasteiger partial charge in [0.1, 0.15) is 0 Å². The highest BCUT2D eigenvalue weighted by atomic mass is 127. The third-order valence-electron chi connectivity index (χ3n) is 1.93. The number of sulfonamides is 1. The average Bonchev–Trinajstić information content (AvgIpc) is 2.31. The second-order valence-corrected chi connectivity index (χ2v) is 5.64. The maximum Gasteiger partial charge on any atom is 0.211 e. The lowest BCUT2D eigenvalue weighted by Crippen LogP contribution is -2.35. The maximum absolute atomic E-state index is 11.1. The molecule has 1 aliphatic heterocycles. The number of rotatable bonds is 2. The second kappa shape index (κ2) is 3.57. The molecule has 1 heterocycles. The van der Waals surface area contributed by atoms with Gasteiger partial charge in [-0.05, 0) is 12.8 Å². The van der Waals surface area contributed by atoms with Crippen LogP contribution in [0.2, 0.25) is 0 Å². The van der Waals surface area contributed by atoms with Crippen LogP contribution in [0.4, 0.5) is 0 Å². The molecule has 0 N–H and O–H groups in total. The van der Waals surface area contributed by atoms with Gasteiger partial charge < -0.3 is 0 Å². The highest BCUT2D eigenvalue weighted by Crippen LogP contribution is 2.21. The second-order valence-electron chi connectivity index (χ2n) is 2.82. The Hall–Kier alpha value is 0.640. The first-order valence-corrected chi connectivity index (χ1v) is 6.96. The summed E-state index contributed by atoms with van der Waals surface area (Å²) in [6.45, 7) is 0.715. The van der Waals surface area contributed by atoms with Gasteiger partial charge in [0, 0.05) is 17.0 Å². The summed E-state index contributed by atoms with van der Waals surface area (Å²) < 4.78 is 24.8. The van der Waals surface area contributed by atoms with Crippen LogP contribution in [0.15, 0.2) is 0 Å². The molecule has 3 nitrogen and oxygen atoms in total. The molecule has 1 rings (SSSR count). The van der Waals surface area contributed by atoms with E-state index >= 15 is 0 Å². The average molecular weight is 289 g/mol. The molecular weight excluding hydrogens is 277 g/mol. The van der Waals surface area contributed by atoms with E-state index in [2.05, 4.69) is 22.6 Å². The summed E-state index contributed by atoms with van der Waals surface area (Å²) in [6.07, 6.45) is 3.33. The summed E-state index contributed by atoms with van der Waals surface area (Å²) in [7, 11) is -2.94. The fourth-order valence-electron chi connectivity index (χ4n) is 1.40. The molecule has 0 bridgehead atoms. The fourth-order valence-corrected chi connectivity index (χ4v) is 3.77. The molecule has 0 aromatic carbocycles. The smallest absolute Gasteiger partial charge is 0.211 e. The highest BCUT2D eigenvalue weighted by molar-refractivity contribution is 14.1. The van der Waals surface area contributed by atoms with Gasteiger partial charge in [-0.3, -0.25) is 0 Å². The van der Waals surface area contributed by atoms with Crippen LogP contribution in [0.5, 0.6) is 0 Å². The van der Waals surface area contributed by atoms with Crippen LogP contribution in [-0.4, -0.2) is 36.0 Å². The zero-order valence-electron chi connectivity index (χ0n) is 6.46. The number of hydrogen-bond acceptors (Lipinski definition) is 2. The number of alkyl halides is 1. The predicted octanol–water partition coefficient (Wildman–Crippen LogP) is 0.845. The van der Waals surface area contributed by atoms with Crippen molar-refractivity contribution in [2.75, 3.05) is 17.2 Å². The van der Waals surface area contributed by atoms with Gasteiger partial charge >= 0.3 is 0 Å². The van der Waals surface area contributed by atoms with E-state index in [0.29, 0.717) is 6.54 Å². The van der Waals surface area contributed by atoms with Gasteiger partial charge in [-0.2, -0.15) is 4.31 Å². The van der Waals surface area contributed by atoms with Crippen LogP contribution in [-0.2, 0) is 10.0 Å². The Balaban J connectivity index is 2.72. The van der Waals surface area contributed by atoms with Crippen molar-refractivity contribution in [3.05, 3.63) is 0 Å². The van der Waals surface area contributed by atoms with Crippen molar-refractivity contribution in [2.24, 2.45) is 0 Å². The van der Waals surface area contributed by atoms with E-state index in [4.69, 9.17) is 0 Å². The van der Waals surface area contributed by atoms with E-state index in [0.717, 1.165) is 17.3 Å². The number of nitrogens with zero attached hydrogens (tertiary/aromatic N) is 1. The lowest BCUT2D eigenvalue weighted by Gasteiger charge is -2.19. The zero-order valence-corrected chi connectivity index (χ0v) is 9.43. The van der Waals surface area contributed by atoms with E-state index in [1.54, 1.807) is 4.31 Å². The molecule has 0 amide bonds. The molecule has 0 saturated carbocycles. The van der Waals surface area contributed by atoms with E-state index in [1.165, 1.54) is 6.26 Å². The molecule has 0 aromatic heterocycles. The standard InChI is InChI=1S/C6H12INO2S/c1-11(9,10)8-4-2-3-6(8)5-7/h6H,2-5H2,1H3/t6-/m0/s1. The minimum absolute atomic E-state index is 0.255. The van der Waals surface area contributed by atoms with Crippen molar-refractivity contribution in [1.29, 1.82) is 0 Å². The maximum atomic E-state index is 11.1. The Labute approximate surface area is 81.3 Å². The molecule has 66 valence electrons. The minimum Gasteiger partial charge on any atom is -0.212 e. The van der Waals surface area contributed by atoms with Gasteiger partial charge in [0.15, 0.2) is 0 Å². The first-order valence-electron chi connectivity index (χ1n) is 3.58. The van der Waals surface area contributed by atoms with Gasteiger partial charge in [-0.25, -0.2) is 8.42 Å². The van der Waals surface area contributed by atoms with Crippen LogP contribution in [0.3, 0.4) is 0 Å². The molecular formula is C6H12INO2S. The monoisotopic (exact) mass is 289 g/mol. The van der Waals surface area contributed by atoms with Crippen LogP contribution in [0.25, 0.3) is 0 Å². The summed E-state index contributed by atoms with van der Waals surface area (Å²) >= 11 is 2.24. The molecule has 0 aliphatic carbocycles. The van der Waals surface area contributed by atoms with E-state index in [1.807, 2.05) is 0 Å². The molecule has 0 aromatic rings. The van der Waals surface area contributed by atoms with Gasteiger partial charge in [-0.15, -0.1) is 0 Å². The van der Waals surface area contributed by atoms with Crippen LogP contribution in [0.1, 0.15) is 12.8 Å². The third-order valence-corrected chi connectivity index (χ3v) is 4.28. The molecule has 1 atom stereocenters. The summed E-state index contributed by atoms with van der Waals surface area (Å²) in [6, 6.07) is 0.255. The third kappa shape index (κ3) is 2.29. The van der Waals surface area contributed by atoms with Gasteiger partial charge in [0.2, 0.25) is 10.0 Å². The van der Waals surface area contributed by atoms with Crippen LogP contribution in [0, 0.1) is 0 Å². The van der Waals surface area contributed by atoms with Crippen LogP contribution < -0.4 is 0 Å². The lowest BCUT2D eigenvalue weighted by molar-refractivity contribution is 0.419. The zero-order chi connectivity index (χ0) is 8.48. The molecule has 1 saturated heterocycles. The summed E-state index contributed by atoms with van der Waals surface area (Å²) in [5.41, 5.74) is 0. The quantitative estimate of drug-likeness (QED) is 0.558. The molecule has 11 heavy (non-hydrogen) atoms. The predicted molar refractivity (Wildman–Crippen MR) is 53.5 cm³/mol. The molecule has 0 spiro atoms. The largest absolute Gasteiger partial charge is 0.212 e. The van der Waals surface area contributed by atoms with Crippen molar-refractivity contribution in [3.63, 3.8) is 0 Å². The van der Waals surface area contributed by atoms with E-state index in [9.17, 15) is 8.42 Å². The number of hydrogen-bond donors (Lipinski definition) is 0. The summed E-state index contributed by atoms with van der Waals surface area (Å²) in [5.74, 6) is 0. The number of halogens is 1. The minimum atomic E-state index is -2.94. The molecule has 0 unspecified atom stereocenters. The van der Waals surface area contributed by atoms with Gasteiger partial charge in [0.05, 0.1) is 6.26 Å². The molecule has 0 radical (unpaired) electrons. The Morgan fingerprint density at radius 1 is 1.64 bits per heavy atom.